The fourth-order valence-corrected chi connectivity index (χ4v) is 1.58. The maximum atomic E-state index is 11.3. The lowest BCUT2D eigenvalue weighted by atomic mass is 10.2. The third-order valence-corrected chi connectivity index (χ3v) is 2.17. The lowest BCUT2D eigenvalue weighted by Crippen LogP contribution is -2.26. The zero-order chi connectivity index (χ0) is 9.68. The number of nitriles is 1. The van der Waals surface area contributed by atoms with E-state index in [0.717, 1.165) is 0 Å². The maximum absolute atomic E-state index is 11.3. The third kappa shape index (κ3) is 2.28. The molecule has 0 saturated carbocycles. The van der Waals surface area contributed by atoms with Gasteiger partial charge in [0, 0.05) is 17.3 Å². The largest absolute Gasteiger partial charge is 0.395 e. The van der Waals surface area contributed by atoms with Crippen molar-refractivity contribution in [2.75, 3.05) is 13.2 Å². The van der Waals surface area contributed by atoms with E-state index in [1.807, 2.05) is 6.07 Å². The van der Waals surface area contributed by atoms with Gasteiger partial charge in [0.25, 0.3) is 5.91 Å². The van der Waals surface area contributed by atoms with E-state index in [1.165, 1.54) is 11.3 Å². The first kappa shape index (κ1) is 9.71. The molecule has 0 aliphatic carbocycles. The van der Waals surface area contributed by atoms with E-state index in [2.05, 4.69) is 5.32 Å². The summed E-state index contributed by atoms with van der Waals surface area (Å²) in [6, 6.07) is 1.92. The van der Waals surface area contributed by atoms with E-state index in [0.29, 0.717) is 11.1 Å². The summed E-state index contributed by atoms with van der Waals surface area (Å²) in [5, 5.41) is 22.8. The van der Waals surface area contributed by atoms with Crippen LogP contribution in [-0.2, 0) is 0 Å². The highest BCUT2D eigenvalue weighted by atomic mass is 32.1. The smallest absolute Gasteiger partial charge is 0.253 e. The van der Waals surface area contributed by atoms with Crippen molar-refractivity contribution in [1.29, 1.82) is 5.26 Å². The van der Waals surface area contributed by atoms with E-state index < -0.39 is 0 Å². The Morgan fingerprint density at radius 1 is 1.69 bits per heavy atom. The lowest BCUT2D eigenvalue weighted by Gasteiger charge is -2.00. The molecule has 4 nitrogen and oxygen atoms in total. The quantitative estimate of drug-likeness (QED) is 0.732. The van der Waals surface area contributed by atoms with Crippen molar-refractivity contribution in [2.45, 2.75) is 0 Å². The Balaban J connectivity index is 2.72. The third-order valence-electron chi connectivity index (χ3n) is 1.42. The average molecular weight is 196 g/mol. The Morgan fingerprint density at radius 3 is 3.08 bits per heavy atom. The summed E-state index contributed by atoms with van der Waals surface area (Å²) in [6.07, 6.45) is 0. The summed E-state index contributed by atoms with van der Waals surface area (Å²) in [6.45, 7) is 0.108. The second-order valence-corrected chi connectivity index (χ2v) is 3.03. The molecule has 0 fully saturated rings. The molecule has 0 radical (unpaired) electrons. The number of carbonyl (C=O) groups excluding carboxylic acids is 1. The monoisotopic (exact) mass is 196 g/mol. The second kappa shape index (κ2) is 4.60. The normalized spacial score (nSPS) is 9.23. The number of thiophene rings is 1. The van der Waals surface area contributed by atoms with Crippen LogP contribution in [0, 0.1) is 11.3 Å². The predicted molar refractivity (Wildman–Crippen MR) is 48.5 cm³/mol. The highest BCUT2D eigenvalue weighted by Crippen LogP contribution is 2.13. The number of hydrogen-bond acceptors (Lipinski definition) is 4. The fraction of sp³-hybridized carbons (Fsp3) is 0.250. The average Bonchev–Trinajstić information content (AvgIpc) is 2.61. The minimum absolute atomic E-state index is 0.0994. The number of carbonyl (C=O) groups is 1. The first-order valence-corrected chi connectivity index (χ1v) is 4.59. The van der Waals surface area contributed by atoms with Crippen LogP contribution in [0.15, 0.2) is 10.8 Å². The Bertz CT molecular complexity index is 340. The number of aliphatic hydroxyl groups is 1. The van der Waals surface area contributed by atoms with Gasteiger partial charge in [-0.2, -0.15) is 16.6 Å². The number of nitrogens with zero attached hydrogens (tertiary/aromatic N) is 1. The summed E-state index contributed by atoms with van der Waals surface area (Å²) in [5.74, 6) is -0.313. The Morgan fingerprint density at radius 2 is 2.46 bits per heavy atom. The minimum atomic E-state index is -0.313. The van der Waals surface area contributed by atoms with Crippen molar-refractivity contribution < 1.29 is 9.90 Å². The summed E-state index contributed by atoms with van der Waals surface area (Å²) in [4.78, 5) is 11.3. The number of hydrogen-bond donors (Lipinski definition) is 2. The molecule has 0 unspecified atom stereocenters. The van der Waals surface area contributed by atoms with Crippen LogP contribution in [-0.4, -0.2) is 24.2 Å². The van der Waals surface area contributed by atoms with Crippen molar-refractivity contribution in [3.05, 3.63) is 21.9 Å². The first-order chi connectivity index (χ1) is 6.29. The fourth-order valence-electron chi connectivity index (χ4n) is 0.824. The first-order valence-electron chi connectivity index (χ1n) is 3.65. The molecular formula is C8H8N2O2S. The van der Waals surface area contributed by atoms with Gasteiger partial charge in [0.1, 0.15) is 6.07 Å². The summed E-state index contributed by atoms with van der Waals surface area (Å²) in [5.41, 5.74) is 0.751. The number of nitrogens with one attached hydrogen (secondary N) is 1. The van der Waals surface area contributed by atoms with Crippen molar-refractivity contribution in [3.8, 4) is 6.07 Å². The molecule has 5 heteroatoms. The molecule has 68 valence electrons. The zero-order valence-corrected chi connectivity index (χ0v) is 7.60. The molecule has 0 atom stereocenters. The summed E-state index contributed by atoms with van der Waals surface area (Å²) >= 11 is 1.31. The number of aliphatic hydroxyl groups excluding tert-OH is 1. The molecule has 1 amide bonds. The molecular weight excluding hydrogens is 188 g/mol. The Labute approximate surface area is 79.4 Å². The van der Waals surface area contributed by atoms with Crippen molar-refractivity contribution in [3.63, 3.8) is 0 Å². The lowest BCUT2D eigenvalue weighted by molar-refractivity contribution is 0.0945. The summed E-state index contributed by atoms with van der Waals surface area (Å²) in [7, 11) is 0. The molecule has 1 aromatic heterocycles. The van der Waals surface area contributed by atoms with Crippen LogP contribution in [0.4, 0.5) is 0 Å². The van der Waals surface area contributed by atoms with E-state index in [9.17, 15) is 4.79 Å². The molecule has 0 bridgehead atoms. The maximum Gasteiger partial charge on any atom is 0.253 e. The molecule has 0 aliphatic heterocycles. The van der Waals surface area contributed by atoms with E-state index in [-0.39, 0.29) is 19.1 Å². The zero-order valence-electron chi connectivity index (χ0n) is 6.78. The predicted octanol–water partition coefficient (Wildman–Crippen LogP) is 0.342. The second-order valence-electron chi connectivity index (χ2n) is 2.29. The SMILES string of the molecule is N#Cc1cscc1C(=O)NCCO. The molecule has 1 heterocycles. The van der Waals surface area contributed by atoms with Crippen LogP contribution in [0.3, 0.4) is 0 Å². The van der Waals surface area contributed by atoms with Gasteiger partial charge >= 0.3 is 0 Å². The van der Waals surface area contributed by atoms with Gasteiger partial charge in [-0.05, 0) is 0 Å². The molecule has 13 heavy (non-hydrogen) atoms. The van der Waals surface area contributed by atoms with Gasteiger partial charge in [0.05, 0.1) is 17.7 Å². The molecule has 2 N–H and O–H groups in total. The highest BCUT2D eigenvalue weighted by Gasteiger charge is 2.10. The van der Waals surface area contributed by atoms with E-state index in [4.69, 9.17) is 10.4 Å². The van der Waals surface area contributed by atoms with E-state index >= 15 is 0 Å². The Hall–Kier alpha value is -1.38. The number of rotatable bonds is 3. The van der Waals surface area contributed by atoms with Gasteiger partial charge in [-0.3, -0.25) is 4.79 Å². The van der Waals surface area contributed by atoms with Gasteiger partial charge in [-0.15, -0.1) is 0 Å². The molecule has 0 saturated heterocycles. The molecule has 1 rings (SSSR count). The van der Waals surface area contributed by atoms with Crippen molar-refractivity contribution in [1.82, 2.24) is 5.32 Å². The minimum Gasteiger partial charge on any atom is -0.395 e. The number of amides is 1. The van der Waals surface area contributed by atoms with Crippen LogP contribution in [0.5, 0.6) is 0 Å². The van der Waals surface area contributed by atoms with Crippen molar-refractivity contribution in [2.24, 2.45) is 0 Å². The van der Waals surface area contributed by atoms with Gasteiger partial charge in [-0.1, -0.05) is 0 Å². The van der Waals surface area contributed by atoms with Gasteiger partial charge < -0.3 is 10.4 Å². The van der Waals surface area contributed by atoms with Crippen LogP contribution in [0.2, 0.25) is 0 Å². The van der Waals surface area contributed by atoms with Crippen LogP contribution in [0.25, 0.3) is 0 Å². The summed E-state index contributed by atoms with van der Waals surface area (Å²) < 4.78 is 0. The van der Waals surface area contributed by atoms with Crippen LogP contribution < -0.4 is 5.32 Å². The van der Waals surface area contributed by atoms with Gasteiger partial charge in [0.15, 0.2) is 0 Å². The standard InChI is InChI=1S/C8H8N2O2S/c9-3-6-4-13-5-7(6)8(12)10-1-2-11/h4-5,11H,1-2H2,(H,10,12). The molecule has 0 aliphatic rings. The van der Waals surface area contributed by atoms with Gasteiger partial charge in [0.2, 0.25) is 0 Å². The molecule has 0 aromatic carbocycles. The van der Waals surface area contributed by atoms with Crippen LogP contribution in [0.1, 0.15) is 15.9 Å². The van der Waals surface area contributed by atoms with E-state index in [1.54, 1.807) is 10.8 Å². The highest BCUT2D eigenvalue weighted by molar-refractivity contribution is 7.08. The van der Waals surface area contributed by atoms with Crippen molar-refractivity contribution >= 4 is 17.2 Å². The van der Waals surface area contributed by atoms with Crippen LogP contribution >= 0.6 is 11.3 Å². The molecule has 0 spiro atoms. The Kier molecular flexibility index (Phi) is 3.43. The van der Waals surface area contributed by atoms with Gasteiger partial charge in [-0.25, -0.2) is 0 Å². The topological polar surface area (TPSA) is 73.1 Å². The molecule has 1 aromatic rings.